The summed E-state index contributed by atoms with van der Waals surface area (Å²) in [5.41, 5.74) is 2.83. The number of halogens is 2. The second-order valence-electron chi connectivity index (χ2n) is 5.85. The Morgan fingerprint density at radius 3 is 2.52 bits per heavy atom. The number of hydrogen-bond donors (Lipinski definition) is 1. The number of benzene rings is 2. The molecule has 7 heteroatoms. The number of nitrogens with one attached hydrogen (secondary N) is 1. The fourth-order valence-corrected chi connectivity index (χ4v) is 2.49. The minimum Gasteiger partial charge on any atom is -0.435 e. The number of hydrogen-bond acceptors (Lipinski definition) is 4. The van der Waals surface area contributed by atoms with Gasteiger partial charge in [0.25, 0.3) is 0 Å². The van der Waals surface area contributed by atoms with Crippen molar-refractivity contribution in [2.24, 2.45) is 0 Å². The summed E-state index contributed by atoms with van der Waals surface area (Å²) < 4.78 is 28.7. The van der Waals surface area contributed by atoms with Crippen LogP contribution in [0.5, 0.6) is 5.75 Å². The molecular weight excluding hydrogens is 326 g/mol. The molecule has 0 saturated heterocycles. The van der Waals surface area contributed by atoms with Gasteiger partial charge in [0.2, 0.25) is 0 Å². The zero-order valence-corrected chi connectivity index (χ0v) is 13.9. The van der Waals surface area contributed by atoms with Crippen LogP contribution in [0.1, 0.15) is 5.56 Å². The molecule has 1 heterocycles. The largest absolute Gasteiger partial charge is 0.435 e. The highest BCUT2D eigenvalue weighted by Gasteiger charge is 2.10. The topological polar surface area (TPSA) is 54.0 Å². The average Bonchev–Trinajstić information content (AvgIpc) is 3.05. The highest BCUT2D eigenvalue weighted by Crippen LogP contribution is 2.23. The lowest BCUT2D eigenvalue weighted by Gasteiger charge is -2.09. The highest BCUT2D eigenvalue weighted by atomic mass is 19.3. The van der Waals surface area contributed by atoms with E-state index < -0.39 is 6.61 Å². The van der Waals surface area contributed by atoms with Crippen LogP contribution in [0.2, 0.25) is 0 Å². The third kappa shape index (κ3) is 4.39. The number of aromatic amines is 1. The zero-order chi connectivity index (χ0) is 17.8. The SMILES string of the molecule is CN(C)Cc1cccc(-c2n[nH]c(-c3ccc(OC(F)F)cc3)n2)c1. The van der Waals surface area contributed by atoms with Crippen molar-refractivity contribution < 1.29 is 13.5 Å². The third-order valence-corrected chi connectivity index (χ3v) is 3.52. The fraction of sp³-hybridized carbons (Fsp3) is 0.222. The first-order valence-corrected chi connectivity index (χ1v) is 7.73. The molecule has 0 radical (unpaired) electrons. The van der Waals surface area contributed by atoms with E-state index in [1.165, 1.54) is 17.7 Å². The van der Waals surface area contributed by atoms with Crippen molar-refractivity contribution in [1.29, 1.82) is 0 Å². The predicted octanol–water partition coefficient (Wildman–Crippen LogP) is 3.80. The summed E-state index contributed by atoms with van der Waals surface area (Å²) in [6.07, 6.45) is 0. The monoisotopic (exact) mass is 344 g/mol. The van der Waals surface area contributed by atoms with E-state index in [-0.39, 0.29) is 5.75 Å². The summed E-state index contributed by atoms with van der Waals surface area (Å²) in [4.78, 5) is 6.58. The van der Waals surface area contributed by atoms with E-state index in [4.69, 9.17) is 0 Å². The molecule has 25 heavy (non-hydrogen) atoms. The minimum absolute atomic E-state index is 0.106. The van der Waals surface area contributed by atoms with Gasteiger partial charge < -0.3 is 9.64 Å². The maximum absolute atomic E-state index is 12.2. The molecule has 0 fully saturated rings. The van der Waals surface area contributed by atoms with Crippen LogP contribution in [-0.4, -0.2) is 40.8 Å². The Labute approximate surface area is 144 Å². The van der Waals surface area contributed by atoms with E-state index in [2.05, 4.69) is 30.9 Å². The summed E-state index contributed by atoms with van der Waals surface area (Å²) >= 11 is 0. The Morgan fingerprint density at radius 1 is 1.08 bits per heavy atom. The molecule has 0 saturated carbocycles. The van der Waals surface area contributed by atoms with E-state index >= 15 is 0 Å². The van der Waals surface area contributed by atoms with Gasteiger partial charge in [0.05, 0.1) is 0 Å². The predicted molar refractivity (Wildman–Crippen MR) is 91.3 cm³/mol. The number of aromatic nitrogens is 3. The Kier molecular flexibility index (Phi) is 5.04. The van der Waals surface area contributed by atoms with E-state index in [1.807, 2.05) is 32.3 Å². The molecular formula is C18H18F2N4O. The number of ether oxygens (including phenoxy) is 1. The molecule has 3 aromatic rings. The van der Waals surface area contributed by atoms with Crippen LogP contribution in [0.4, 0.5) is 8.78 Å². The molecule has 0 bridgehead atoms. The molecule has 0 aliphatic carbocycles. The smallest absolute Gasteiger partial charge is 0.387 e. The maximum atomic E-state index is 12.2. The summed E-state index contributed by atoms with van der Waals surface area (Å²) in [5.74, 6) is 1.26. The second kappa shape index (κ2) is 7.40. The average molecular weight is 344 g/mol. The molecule has 2 aromatic carbocycles. The molecule has 0 aliphatic heterocycles. The first-order chi connectivity index (χ1) is 12.0. The summed E-state index contributed by atoms with van der Waals surface area (Å²) in [6.45, 7) is -2.01. The lowest BCUT2D eigenvalue weighted by Crippen LogP contribution is -2.10. The van der Waals surface area contributed by atoms with Gasteiger partial charge in [0.1, 0.15) is 5.75 Å². The zero-order valence-electron chi connectivity index (χ0n) is 13.9. The molecule has 0 atom stereocenters. The van der Waals surface area contributed by atoms with Gasteiger partial charge in [-0.2, -0.15) is 13.9 Å². The van der Waals surface area contributed by atoms with Gasteiger partial charge in [-0.15, -0.1) is 0 Å². The molecule has 0 amide bonds. The van der Waals surface area contributed by atoms with Crippen LogP contribution in [-0.2, 0) is 6.54 Å². The first-order valence-electron chi connectivity index (χ1n) is 7.73. The van der Waals surface area contributed by atoms with Gasteiger partial charge in [0.15, 0.2) is 11.6 Å². The van der Waals surface area contributed by atoms with Gasteiger partial charge in [-0.1, -0.05) is 18.2 Å². The number of H-pyrrole nitrogens is 1. The standard InChI is InChI=1S/C18H18F2N4O/c1-24(2)11-12-4-3-5-14(10-12)17-21-16(22-23-17)13-6-8-15(9-7-13)25-18(19)20/h3-10,18H,11H2,1-2H3,(H,21,22,23). The Bertz CT molecular complexity index is 831. The van der Waals surface area contributed by atoms with Crippen molar-refractivity contribution in [1.82, 2.24) is 20.1 Å². The molecule has 130 valence electrons. The Morgan fingerprint density at radius 2 is 1.84 bits per heavy atom. The highest BCUT2D eigenvalue weighted by molar-refractivity contribution is 5.62. The van der Waals surface area contributed by atoms with Crippen molar-refractivity contribution in [3.05, 3.63) is 54.1 Å². The van der Waals surface area contributed by atoms with Gasteiger partial charge in [0, 0.05) is 17.7 Å². The van der Waals surface area contributed by atoms with Crippen molar-refractivity contribution >= 4 is 0 Å². The Balaban J connectivity index is 1.80. The van der Waals surface area contributed by atoms with Crippen molar-refractivity contribution in [3.63, 3.8) is 0 Å². The quantitative estimate of drug-likeness (QED) is 0.739. The summed E-state index contributed by atoms with van der Waals surface area (Å²) in [5, 5.41) is 7.13. The van der Waals surface area contributed by atoms with Crippen LogP contribution in [0.15, 0.2) is 48.5 Å². The van der Waals surface area contributed by atoms with Gasteiger partial charge in [-0.25, -0.2) is 4.98 Å². The van der Waals surface area contributed by atoms with Crippen molar-refractivity contribution in [3.8, 4) is 28.5 Å². The molecule has 0 unspecified atom stereocenters. The van der Waals surface area contributed by atoms with E-state index in [0.29, 0.717) is 11.6 Å². The van der Waals surface area contributed by atoms with E-state index in [1.54, 1.807) is 12.1 Å². The molecule has 0 aliphatic rings. The summed E-state index contributed by atoms with van der Waals surface area (Å²) in [7, 11) is 4.03. The van der Waals surface area contributed by atoms with Crippen molar-refractivity contribution in [2.75, 3.05) is 14.1 Å². The lowest BCUT2D eigenvalue weighted by atomic mass is 10.1. The second-order valence-corrected chi connectivity index (χ2v) is 5.85. The van der Waals surface area contributed by atoms with Crippen LogP contribution in [0, 0.1) is 0 Å². The first kappa shape index (κ1) is 17.0. The van der Waals surface area contributed by atoms with Crippen LogP contribution < -0.4 is 4.74 Å². The van der Waals surface area contributed by atoms with Crippen LogP contribution in [0.3, 0.4) is 0 Å². The Hall–Kier alpha value is -2.80. The van der Waals surface area contributed by atoms with Crippen molar-refractivity contribution in [2.45, 2.75) is 13.2 Å². The maximum Gasteiger partial charge on any atom is 0.387 e. The van der Waals surface area contributed by atoms with Gasteiger partial charge in [-0.05, 0) is 50.0 Å². The molecule has 1 aromatic heterocycles. The van der Waals surface area contributed by atoms with E-state index in [0.717, 1.165) is 17.7 Å². The summed E-state index contributed by atoms with van der Waals surface area (Å²) in [6, 6.07) is 14.3. The molecule has 0 spiro atoms. The normalized spacial score (nSPS) is 11.3. The minimum atomic E-state index is -2.84. The number of rotatable bonds is 6. The lowest BCUT2D eigenvalue weighted by molar-refractivity contribution is -0.0498. The van der Waals surface area contributed by atoms with Crippen LogP contribution in [0.25, 0.3) is 22.8 Å². The molecule has 3 rings (SSSR count). The number of alkyl halides is 2. The van der Waals surface area contributed by atoms with Gasteiger partial charge >= 0.3 is 6.61 Å². The third-order valence-electron chi connectivity index (χ3n) is 3.52. The van der Waals surface area contributed by atoms with Crippen LogP contribution >= 0.6 is 0 Å². The fourth-order valence-electron chi connectivity index (χ4n) is 2.49. The van der Waals surface area contributed by atoms with Gasteiger partial charge in [-0.3, -0.25) is 5.10 Å². The molecule has 5 nitrogen and oxygen atoms in total. The molecule has 1 N–H and O–H groups in total. The number of nitrogens with zero attached hydrogens (tertiary/aromatic N) is 3. The van der Waals surface area contributed by atoms with E-state index in [9.17, 15) is 8.78 Å².